The molecule has 1 fully saturated rings. The summed E-state index contributed by atoms with van der Waals surface area (Å²) in [6.07, 6.45) is 0. The summed E-state index contributed by atoms with van der Waals surface area (Å²) in [6, 6.07) is 27.1. The van der Waals surface area contributed by atoms with E-state index in [0.717, 1.165) is 0 Å². The van der Waals surface area contributed by atoms with Crippen LogP contribution in [0.2, 0.25) is 0 Å². The van der Waals surface area contributed by atoms with E-state index in [1.54, 1.807) is 24.0 Å². The molecule has 8 heteroatoms. The fourth-order valence-corrected chi connectivity index (χ4v) is 6.03. The standard InChI is InChI=1S/C28H33N3O4S/c1-3-31(36(33,34)26-16-14-25(35-2)15-17-26)22-27(32)29-18-20-30(21-19-29)28(23-10-6-4-7-11-23)24-12-8-5-9-13-24/h4-17,28H,3,18-22H2,1-2H3. The van der Waals surface area contributed by atoms with Gasteiger partial charge in [-0.15, -0.1) is 0 Å². The van der Waals surface area contributed by atoms with Crippen LogP contribution in [0.1, 0.15) is 24.1 Å². The second-order valence-corrected chi connectivity index (χ2v) is 10.7. The van der Waals surface area contributed by atoms with Crippen LogP contribution in [0.25, 0.3) is 0 Å². The predicted molar refractivity (Wildman–Crippen MR) is 140 cm³/mol. The Hall–Kier alpha value is -3.20. The number of sulfonamides is 1. The zero-order chi connectivity index (χ0) is 25.5. The highest BCUT2D eigenvalue weighted by Gasteiger charge is 2.31. The van der Waals surface area contributed by atoms with Gasteiger partial charge in [0.1, 0.15) is 5.75 Å². The monoisotopic (exact) mass is 507 g/mol. The minimum Gasteiger partial charge on any atom is -0.497 e. The molecular weight excluding hydrogens is 474 g/mol. The lowest BCUT2D eigenvalue weighted by Crippen LogP contribution is -2.52. The van der Waals surface area contributed by atoms with E-state index in [-0.39, 0.29) is 29.9 Å². The molecule has 3 aromatic rings. The number of hydrogen-bond donors (Lipinski definition) is 0. The molecule has 0 radical (unpaired) electrons. The zero-order valence-corrected chi connectivity index (χ0v) is 21.6. The van der Waals surface area contributed by atoms with Gasteiger partial charge in [-0.3, -0.25) is 9.69 Å². The molecule has 0 aliphatic carbocycles. The molecule has 1 saturated heterocycles. The molecule has 0 spiro atoms. The molecule has 0 saturated carbocycles. The molecule has 4 rings (SSSR count). The molecule has 1 heterocycles. The van der Waals surface area contributed by atoms with Gasteiger partial charge in [-0.2, -0.15) is 4.31 Å². The first-order chi connectivity index (χ1) is 17.4. The largest absolute Gasteiger partial charge is 0.497 e. The molecule has 190 valence electrons. The van der Waals surface area contributed by atoms with Crippen molar-refractivity contribution in [2.45, 2.75) is 17.9 Å². The number of hydrogen-bond acceptors (Lipinski definition) is 5. The van der Waals surface area contributed by atoms with Crippen molar-refractivity contribution in [3.8, 4) is 5.75 Å². The first kappa shape index (κ1) is 25.9. The maximum atomic E-state index is 13.1. The maximum Gasteiger partial charge on any atom is 0.243 e. The SMILES string of the molecule is CCN(CC(=O)N1CCN(C(c2ccccc2)c2ccccc2)CC1)S(=O)(=O)c1ccc(OC)cc1. The van der Waals surface area contributed by atoms with Crippen molar-refractivity contribution in [1.29, 1.82) is 0 Å². The van der Waals surface area contributed by atoms with E-state index in [4.69, 9.17) is 4.74 Å². The second-order valence-electron chi connectivity index (χ2n) is 8.75. The Kier molecular flexibility index (Phi) is 8.40. The first-order valence-corrected chi connectivity index (χ1v) is 13.6. The Labute approximate surface area is 214 Å². The van der Waals surface area contributed by atoms with Crippen molar-refractivity contribution < 1.29 is 17.9 Å². The van der Waals surface area contributed by atoms with Gasteiger partial charge in [0.05, 0.1) is 24.6 Å². The van der Waals surface area contributed by atoms with Crippen molar-refractivity contribution in [2.24, 2.45) is 0 Å². The zero-order valence-electron chi connectivity index (χ0n) is 20.8. The summed E-state index contributed by atoms with van der Waals surface area (Å²) < 4.78 is 32.6. The van der Waals surface area contributed by atoms with E-state index in [9.17, 15) is 13.2 Å². The molecule has 36 heavy (non-hydrogen) atoms. The van der Waals surface area contributed by atoms with Crippen LogP contribution in [-0.4, -0.2) is 74.8 Å². The van der Waals surface area contributed by atoms with E-state index >= 15 is 0 Å². The summed E-state index contributed by atoms with van der Waals surface area (Å²) in [7, 11) is -2.26. The highest BCUT2D eigenvalue weighted by atomic mass is 32.2. The molecule has 0 bridgehead atoms. The number of rotatable bonds is 9. The fourth-order valence-electron chi connectivity index (χ4n) is 4.63. The van der Waals surface area contributed by atoms with Gasteiger partial charge in [-0.1, -0.05) is 67.6 Å². The molecule has 1 aliphatic heterocycles. The number of ether oxygens (including phenoxy) is 1. The van der Waals surface area contributed by atoms with Gasteiger partial charge in [-0.05, 0) is 35.4 Å². The third-order valence-corrected chi connectivity index (χ3v) is 8.56. The summed E-state index contributed by atoms with van der Waals surface area (Å²) >= 11 is 0. The third kappa shape index (κ3) is 5.78. The third-order valence-electron chi connectivity index (χ3n) is 6.62. The fraction of sp³-hybridized carbons (Fsp3) is 0.321. The lowest BCUT2D eigenvalue weighted by molar-refractivity contribution is -0.133. The van der Waals surface area contributed by atoms with Crippen LogP contribution < -0.4 is 4.74 Å². The second kappa shape index (κ2) is 11.7. The Bertz CT molecular complexity index is 1190. The quantitative estimate of drug-likeness (QED) is 0.442. The molecule has 1 aliphatic rings. The van der Waals surface area contributed by atoms with Gasteiger partial charge in [-0.25, -0.2) is 8.42 Å². The van der Waals surface area contributed by atoms with E-state index in [2.05, 4.69) is 29.2 Å². The molecule has 0 aromatic heterocycles. The molecule has 0 unspecified atom stereocenters. The summed E-state index contributed by atoms with van der Waals surface area (Å²) in [4.78, 5) is 17.5. The number of likely N-dealkylation sites (N-methyl/N-ethyl adjacent to an activating group) is 1. The molecule has 7 nitrogen and oxygen atoms in total. The summed E-state index contributed by atoms with van der Waals surface area (Å²) in [5, 5.41) is 0. The molecule has 1 amide bonds. The highest BCUT2D eigenvalue weighted by molar-refractivity contribution is 7.89. The number of nitrogens with zero attached hydrogens (tertiary/aromatic N) is 3. The lowest BCUT2D eigenvalue weighted by atomic mass is 9.96. The first-order valence-electron chi connectivity index (χ1n) is 12.2. The Balaban J connectivity index is 1.43. The number of benzene rings is 3. The van der Waals surface area contributed by atoms with Crippen molar-refractivity contribution in [3.05, 3.63) is 96.1 Å². The number of piperazine rings is 1. The van der Waals surface area contributed by atoms with E-state index in [0.29, 0.717) is 31.9 Å². The van der Waals surface area contributed by atoms with Gasteiger partial charge in [0, 0.05) is 32.7 Å². The minimum absolute atomic E-state index is 0.104. The smallest absolute Gasteiger partial charge is 0.243 e. The minimum atomic E-state index is -3.79. The van der Waals surface area contributed by atoms with E-state index < -0.39 is 10.0 Å². The predicted octanol–water partition coefficient (Wildman–Crippen LogP) is 3.64. The Morgan fingerprint density at radius 3 is 1.86 bits per heavy atom. The Morgan fingerprint density at radius 1 is 0.861 bits per heavy atom. The van der Waals surface area contributed by atoms with Gasteiger partial charge >= 0.3 is 0 Å². The van der Waals surface area contributed by atoms with Crippen LogP contribution in [0.4, 0.5) is 0 Å². The Morgan fingerprint density at radius 2 is 1.39 bits per heavy atom. The number of carbonyl (C=O) groups excluding carboxylic acids is 1. The van der Waals surface area contributed by atoms with Crippen LogP contribution in [-0.2, 0) is 14.8 Å². The van der Waals surface area contributed by atoms with Crippen LogP contribution in [0.5, 0.6) is 5.75 Å². The number of amides is 1. The van der Waals surface area contributed by atoms with Crippen LogP contribution in [0.15, 0.2) is 89.8 Å². The molecular formula is C28H33N3O4S. The molecule has 3 aromatic carbocycles. The van der Waals surface area contributed by atoms with Crippen LogP contribution in [0, 0.1) is 0 Å². The van der Waals surface area contributed by atoms with Crippen molar-refractivity contribution in [1.82, 2.24) is 14.1 Å². The summed E-state index contributed by atoms with van der Waals surface area (Å²) in [6.45, 7) is 4.30. The maximum absolute atomic E-state index is 13.1. The van der Waals surface area contributed by atoms with E-state index in [1.165, 1.54) is 34.7 Å². The van der Waals surface area contributed by atoms with Gasteiger partial charge in [0.2, 0.25) is 15.9 Å². The van der Waals surface area contributed by atoms with Crippen molar-refractivity contribution in [2.75, 3.05) is 46.4 Å². The van der Waals surface area contributed by atoms with Crippen molar-refractivity contribution in [3.63, 3.8) is 0 Å². The van der Waals surface area contributed by atoms with E-state index in [1.807, 2.05) is 36.4 Å². The van der Waals surface area contributed by atoms with Gasteiger partial charge in [0.15, 0.2) is 0 Å². The van der Waals surface area contributed by atoms with Crippen molar-refractivity contribution >= 4 is 15.9 Å². The molecule has 0 N–H and O–H groups in total. The number of methoxy groups -OCH3 is 1. The topological polar surface area (TPSA) is 70.2 Å². The highest BCUT2D eigenvalue weighted by Crippen LogP contribution is 2.29. The van der Waals surface area contributed by atoms with Crippen LogP contribution >= 0.6 is 0 Å². The lowest BCUT2D eigenvalue weighted by Gasteiger charge is -2.40. The average molecular weight is 508 g/mol. The normalized spacial score (nSPS) is 14.8. The van der Waals surface area contributed by atoms with Gasteiger partial charge in [0.25, 0.3) is 0 Å². The molecule has 0 atom stereocenters. The summed E-state index contributed by atoms with van der Waals surface area (Å²) in [5.74, 6) is 0.403. The average Bonchev–Trinajstić information content (AvgIpc) is 2.93. The van der Waals surface area contributed by atoms with Crippen LogP contribution in [0.3, 0.4) is 0 Å². The number of carbonyl (C=O) groups is 1. The van der Waals surface area contributed by atoms with Gasteiger partial charge < -0.3 is 9.64 Å². The summed E-state index contributed by atoms with van der Waals surface area (Å²) in [5.41, 5.74) is 2.43.